The zero-order valence-corrected chi connectivity index (χ0v) is 11.9. The van der Waals surface area contributed by atoms with E-state index in [9.17, 15) is 4.79 Å². The van der Waals surface area contributed by atoms with Gasteiger partial charge in [-0.1, -0.05) is 24.6 Å². The van der Waals surface area contributed by atoms with Crippen LogP contribution in [0.4, 0.5) is 0 Å². The topological polar surface area (TPSA) is 47.6 Å². The fraction of sp³-hybridized carbons (Fsp3) is 0.357. The van der Waals surface area contributed by atoms with Crippen LogP contribution in [0, 0.1) is 0 Å². The Kier molecular flexibility index (Phi) is 6.22. The highest BCUT2D eigenvalue weighted by Gasteiger charge is 2.15. The van der Waals surface area contributed by atoms with Crippen molar-refractivity contribution in [2.45, 2.75) is 13.3 Å². The maximum atomic E-state index is 11.8. The van der Waals surface area contributed by atoms with Crippen molar-refractivity contribution in [2.24, 2.45) is 0 Å². The third-order valence-electron chi connectivity index (χ3n) is 2.35. The van der Waals surface area contributed by atoms with Crippen LogP contribution >= 0.6 is 11.6 Å². The molecule has 0 radical (unpaired) electrons. The summed E-state index contributed by atoms with van der Waals surface area (Å²) in [5.74, 6) is 0.679. The molecule has 1 N–H and O–H groups in total. The van der Waals surface area contributed by atoms with Gasteiger partial charge in [-0.2, -0.15) is 0 Å². The van der Waals surface area contributed by atoms with E-state index >= 15 is 0 Å². The molecule has 0 fully saturated rings. The van der Waals surface area contributed by atoms with E-state index in [1.807, 2.05) is 6.92 Å². The molecule has 0 aliphatic rings. The van der Waals surface area contributed by atoms with Gasteiger partial charge in [0.2, 0.25) is 0 Å². The highest BCUT2D eigenvalue weighted by molar-refractivity contribution is 6.32. The summed E-state index contributed by atoms with van der Waals surface area (Å²) in [6.07, 6.45) is 2.47. The van der Waals surface area contributed by atoms with Crippen molar-refractivity contribution in [1.82, 2.24) is 5.32 Å². The second kappa shape index (κ2) is 7.69. The van der Waals surface area contributed by atoms with Gasteiger partial charge < -0.3 is 14.8 Å². The number of benzene rings is 1. The Balaban J connectivity index is 3.01. The minimum Gasteiger partial charge on any atom is -0.493 e. The maximum Gasteiger partial charge on any atom is 0.251 e. The maximum absolute atomic E-state index is 11.8. The molecule has 19 heavy (non-hydrogen) atoms. The van der Waals surface area contributed by atoms with Gasteiger partial charge in [-0.3, -0.25) is 4.79 Å². The van der Waals surface area contributed by atoms with Gasteiger partial charge in [-0.15, -0.1) is 6.58 Å². The zero-order chi connectivity index (χ0) is 14.3. The highest BCUT2D eigenvalue weighted by Crippen LogP contribution is 2.36. The van der Waals surface area contributed by atoms with Crippen molar-refractivity contribution in [1.29, 1.82) is 0 Å². The molecule has 1 aromatic carbocycles. The van der Waals surface area contributed by atoms with Crippen molar-refractivity contribution < 1.29 is 14.3 Å². The first-order chi connectivity index (χ1) is 9.13. The summed E-state index contributed by atoms with van der Waals surface area (Å²) in [5.41, 5.74) is 0.424. The fourth-order valence-electron chi connectivity index (χ4n) is 1.46. The number of ether oxygens (including phenoxy) is 2. The van der Waals surface area contributed by atoms with Gasteiger partial charge in [0.15, 0.2) is 11.5 Å². The lowest BCUT2D eigenvalue weighted by molar-refractivity contribution is 0.0957. The number of hydrogen-bond acceptors (Lipinski definition) is 3. The molecule has 1 aromatic rings. The summed E-state index contributed by atoms with van der Waals surface area (Å²) < 4.78 is 10.7. The number of carbonyl (C=O) groups excluding carboxylic acids is 1. The molecule has 4 nitrogen and oxygen atoms in total. The Morgan fingerprint density at radius 3 is 2.84 bits per heavy atom. The molecule has 0 unspecified atom stereocenters. The molecular weight excluding hydrogens is 266 g/mol. The Morgan fingerprint density at radius 1 is 1.53 bits per heavy atom. The lowest BCUT2D eigenvalue weighted by atomic mass is 10.2. The smallest absolute Gasteiger partial charge is 0.251 e. The van der Waals surface area contributed by atoms with E-state index in [1.54, 1.807) is 18.2 Å². The second-order valence-electron chi connectivity index (χ2n) is 3.84. The average Bonchev–Trinajstić information content (AvgIpc) is 2.42. The van der Waals surface area contributed by atoms with Gasteiger partial charge >= 0.3 is 0 Å². The van der Waals surface area contributed by atoms with E-state index in [1.165, 1.54) is 7.11 Å². The zero-order valence-electron chi connectivity index (χ0n) is 11.2. The lowest BCUT2D eigenvalue weighted by Crippen LogP contribution is -2.23. The molecular formula is C14H18ClNO3. The third-order valence-corrected chi connectivity index (χ3v) is 2.63. The number of hydrogen-bond donors (Lipinski definition) is 1. The van der Waals surface area contributed by atoms with Crippen LogP contribution in [0.2, 0.25) is 5.02 Å². The van der Waals surface area contributed by atoms with Crippen LogP contribution in [0.25, 0.3) is 0 Å². The van der Waals surface area contributed by atoms with Gasteiger partial charge in [-0.05, 0) is 18.6 Å². The monoisotopic (exact) mass is 283 g/mol. The number of methoxy groups -OCH3 is 1. The van der Waals surface area contributed by atoms with Gasteiger partial charge in [0.25, 0.3) is 5.91 Å². The van der Waals surface area contributed by atoms with Crippen molar-refractivity contribution in [3.05, 3.63) is 35.4 Å². The Labute approximate surface area is 118 Å². The van der Waals surface area contributed by atoms with Crippen molar-refractivity contribution in [3.63, 3.8) is 0 Å². The average molecular weight is 284 g/mol. The van der Waals surface area contributed by atoms with E-state index in [0.717, 1.165) is 6.42 Å². The number of rotatable bonds is 7. The predicted molar refractivity (Wildman–Crippen MR) is 76.3 cm³/mol. The van der Waals surface area contributed by atoms with Gasteiger partial charge in [0.05, 0.1) is 18.7 Å². The minimum absolute atomic E-state index is 0.234. The molecule has 0 heterocycles. The summed E-state index contributed by atoms with van der Waals surface area (Å²) in [6.45, 7) is 6.47. The molecule has 0 saturated heterocycles. The molecule has 0 bridgehead atoms. The van der Waals surface area contributed by atoms with E-state index in [-0.39, 0.29) is 5.91 Å². The number of carbonyl (C=O) groups is 1. The van der Waals surface area contributed by atoms with Crippen LogP contribution in [0.15, 0.2) is 24.8 Å². The number of halogens is 1. The summed E-state index contributed by atoms with van der Waals surface area (Å²) in [5, 5.41) is 3.04. The Hall–Kier alpha value is -1.68. The van der Waals surface area contributed by atoms with E-state index in [4.69, 9.17) is 21.1 Å². The first-order valence-corrected chi connectivity index (χ1v) is 6.41. The molecule has 0 aliphatic heterocycles. The molecule has 0 spiro atoms. The molecule has 1 rings (SSSR count). The van der Waals surface area contributed by atoms with Crippen molar-refractivity contribution in [3.8, 4) is 11.5 Å². The van der Waals surface area contributed by atoms with Crippen LogP contribution < -0.4 is 14.8 Å². The SMILES string of the molecule is C=CCNC(=O)c1cc(Cl)c(OCCC)c(OC)c1. The van der Waals surface area contributed by atoms with Gasteiger partial charge in [0, 0.05) is 12.1 Å². The van der Waals surface area contributed by atoms with E-state index in [0.29, 0.717) is 35.2 Å². The summed E-state index contributed by atoms with van der Waals surface area (Å²) in [6, 6.07) is 3.17. The summed E-state index contributed by atoms with van der Waals surface area (Å²) in [4.78, 5) is 11.8. The molecule has 0 aliphatic carbocycles. The van der Waals surface area contributed by atoms with Crippen LogP contribution in [-0.4, -0.2) is 26.2 Å². The molecule has 0 atom stereocenters. The molecule has 1 amide bonds. The van der Waals surface area contributed by atoms with Crippen LogP contribution in [0.5, 0.6) is 11.5 Å². The van der Waals surface area contributed by atoms with Crippen LogP contribution in [0.3, 0.4) is 0 Å². The predicted octanol–water partition coefficient (Wildman–Crippen LogP) is 3.05. The van der Waals surface area contributed by atoms with Crippen LogP contribution in [-0.2, 0) is 0 Å². The Morgan fingerprint density at radius 2 is 2.26 bits per heavy atom. The largest absolute Gasteiger partial charge is 0.493 e. The molecule has 104 valence electrons. The third kappa shape index (κ3) is 4.17. The summed E-state index contributed by atoms with van der Waals surface area (Å²) >= 11 is 6.12. The summed E-state index contributed by atoms with van der Waals surface area (Å²) in [7, 11) is 1.51. The quantitative estimate of drug-likeness (QED) is 0.783. The fourth-order valence-corrected chi connectivity index (χ4v) is 1.73. The molecule has 0 aromatic heterocycles. The highest BCUT2D eigenvalue weighted by atomic mass is 35.5. The number of amides is 1. The van der Waals surface area contributed by atoms with Crippen LogP contribution in [0.1, 0.15) is 23.7 Å². The lowest BCUT2D eigenvalue weighted by Gasteiger charge is -2.13. The number of nitrogens with one attached hydrogen (secondary N) is 1. The van der Waals surface area contributed by atoms with E-state index < -0.39 is 0 Å². The normalized spacial score (nSPS) is 9.84. The second-order valence-corrected chi connectivity index (χ2v) is 4.24. The first kappa shape index (κ1) is 15.4. The van der Waals surface area contributed by atoms with Gasteiger partial charge in [-0.25, -0.2) is 0 Å². The molecule has 5 heteroatoms. The van der Waals surface area contributed by atoms with Crippen molar-refractivity contribution in [2.75, 3.05) is 20.3 Å². The first-order valence-electron chi connectivity index (χ1n) is 6.03. The van der Waals surface area contributed by atoms with E-state index in [2.05, 4.69) is 11.9 Å². The minimum atomic E-state index is -0.234. The van der Waals surface area contributed by atoms with Crippen molar-refractivity contribution >= 4 is 17.5 Å². The Bertz CT molecular complexity index is 460. The standard InChI is InChI=1S/C14H18ClNO3/c1-4-6-16-14(17)10-8-11(15)13(19-7-5-2)12(9-10)18-3/h4,8-9H,1,5-7H2,2-3H3,(H,16,17). The molecule has 0 saturated carbocycles. The van der Waals surface area contributed by atoms with Gasteiger partial charge in [0.1, 0.15) is 0 Å².